The van der Waals surface area contributed by atoms with Gasteiger partial charge < -0.3 is 0 Å². The second-order valence-corrected chi connectivity index (χ2v) is 12.1. The minimum atomic E-state index is 1.23. The fourth-order valence-electron chi connectivity index (χ4n) is 7.34. The van der Waals surface area contributed by atoms with Crippen LogP contribution >= 0.6 is 0 Å². The molecule has 0 unspecified atom stereocenters. The highest BCUT2D eigenvalue weighted by molar-refractivity contribution is 6.23. The van der Waals surface area contributed by atoms with E-state index in [0.29, 0.717) is 0 Å². The van der Waals surface area contributed by atoms with Crippen molar-refractivity contribution in [2.24, 2.45) is 0 Å². The largest absolute Gasteiger partial charge is 0.0622 e. The lowest BCUT2D eigenvalue weighted by molar-refractivity contribution is 1.61. The van der Waals surface area contributed by atoms with Gasteiger partial charge in [0, 0.05) is 0 Å². The first-order chi connectivity index (χ1) is 22.8. The molecule has 214 valence electrons. The third-order valence-corrected chi connectivity index (χ3v) is 9.44. The van der Waals surface area contributed by atoms with Crippen LogP contribution in [0.1, 0.15) is 0 Å². The molecule has 0 amide bonds. The van der Waals surface area contributed by atoms with E-state index in [4.69, 9.17) is 0 Å². The minimum Gasteiger partial charge on any atom is -0.0622 e. The van der Waals surface area contributed by atoms with Crippen LogP contribution in [0.4, 0.5) is 0 Å². The zero-order valence-corrected chi connectivity index (χ0v) is 25.3. The van der Waals surface area contributed by atoms with Crippen LogP contribution < -0.4 is 0 Å². The lowest BCUT2D eigenvalue weighted by atomic mass is 9.83. The first kappa shape index (κ1) is 26.4. The van der Waals surface area contributed by atoms with E-state index in [1.165, 1.54) is 87.6 Å². The van der Waals surface area contributed by atoms with Gasteiger partial charge in [0.1, 0.15) is 0 Å². The van der Waals surface area contributed by atoms with E-state index in [-0.39, 0.29) is 0 Å². The van der Waals surface area contributed by atoms with Gasteiger partial charge in [0.05, 0.1) is 0 Å². The maximum atomic E-state index is 2.38. The first-order valence-electron chi connectivity index (χ1n) is 15.9. The Morgan fingerprint density at radius 3 is 1.24 bits per heavy atom. The Hall–Kier alpha value is -5.98. The molecule has 0 fully saturated rings. The highest BCUT2D eigenvalue weighted by atomic mass is 14.2. The summed E-state index contributed by atoms with van der Waals surface area (Å²) in [5, 5.41) is 10.2. The smallest absolute Gasteiger partial charge is 0.00201 e. The van der Waals surface area contributed by atoms with Gasteiger partial charge in [-0.2, -0.15) is 0 Å². The molecule has 0 spiro atoms. The zero-order chi connectivity index (χ0) is 30.5. The molecule has 0 aliphatic heterocycles. The normalized spacial score (nSPS) is 11.5. The highest BCUT2D eigenvalue weighted by Gasteiger charge is 2.19. The van der Waals surface area contributed by atoms with Gasteiger partial charge in [-0.05, 0) is 99.7 Å². The summed E-state index contributed by atoms with van der Waals surface area (Å²) in [5.41, 5.74) is 10.0. The van der Waals surface area contributed by atoms with Gasteiger partial charge in [0.25, 0.3) is 0 Å². The van der Waals surface area contributed by atoms with Crippen molar-refractivity contribution in [3.05, 3.63) is 182 Å². The Bertz CT molecular complexity index is 2500. The van der Waals surface area contributed by atoms with Gasteiger partial charge in [-0.15, -0.1) is 0 Å². The monoisotopic (exact) mass is 582 g/mol. The molecule has 0 saturated heterocycles. The third kappa shape index (κ3) is 4.30. The Morgan fingerprint density at radius 1 is 0.217 bits per heavy atom. The summed E-state index contributed by atoms with van der Waals surface area (Å²) in [6, 6.07) is 66.5. The summed E-state index contributed by atoms with van der Waals surface area (Å²) < 4.78 is 0. The van der Waals surface area contributed by atoms with Crippen molar-refractivity contribution in [1.29, 1.82) is 0 Å². The average Bonchev–Trinajstić information content (AvgIpc) is 3.14. The number of hydrogen-bond donors (Lipinski definition) is 0. The van der Waals surface area contributed by atoms with Crippen molar-refractivity contribution in [2.45, 2.75) is 0 Å². The average molecular weight is 583 g/mol. The van der Waals surface area contributed by atoms with E-state index in [1.807, 2.05) is 0 Å². The summed E-state index contributed by atoms with van der Waals surface area (Å²) in [7, 11) is 0. The zero-order valence-electron chi connectivity index (χ0n) is 25.3. The molecular formula is C46H30. The number of hydrogen-bond acceptors (Lipinski definition) is 0. The first-order valence-corrected chi connectivity index (χ1v) is 15.9. The SMILES string of the molecule is c1ccc(-c2ccc3c(ccc4cc(-c5c6ccccc6c(-c6ccccc6-c6ccccc6)c6ccccc56)ccc43)c2)cc1. The van der Waals surface area contributed by atoms with Crippen LogP contribution in [0.15, 0.2) is 182 Å². The molecule has 9 aromatic carbocycles. The molecular weight excluding hydrogens is 553 g/mol. The molecule has 0 aliphatic carbocycles. The number of rotatable bonds is 4. The van der Waals surface area contributed by atoms with Crippen LogP contribution in [-0.2, 0) is 0 Å². The summed E-state index contributed by atoms with van der Waals surface area (Å²) in [6.45, 7) is 0. The van der Waals surface area contributed by atoms with Gasteiger partial charge >= 0.3 is 0 Å². The fraction of sp³-hybridized carbons (Fsp3) is 0. The molecule has 9 aromatic rings. The Morgan fingerprint density at radius 2 is 0.652 bits per heavy atom. The quantitative estimate of drug-likeness (QED) is 0.143. The van der Waals surface area contributed by atoms with E-state index >= 15 is 0 Å². The molecule has 0 heterocycles. The van der Waals surface area contributed by atoms with Crippen LogP contribution in [0.25, 0.3) is 87.6 Å². The van der Waals surface area contributed by atoms with Crippen LogP contribution in [0.3, 0.4) is 0 Å². The Kier molecular flexibility index (Phi) is 6.25. The standard InChI is InChI=1S/C46H30/c1-3-13-31(14-4-1)33-25-27-38-34(29-33)23-24-35-30-36(26-28-39(35)38)45-41-19-9-11-21-43(41)46(44-22-12-10-20-42(44)45)40-18-8-7-17-37(40)32-15-5-2-6-16-32/h1-30H. The molecule has 9 rings (SSSR count). The topological polar surface area (TPSA) is 0 Å². The molecule has 0 nitrogen and oxygen atoms in total. The van der Waals surface area contributed by atoms with Gasteiger partial charge in [-0.25, -0.2) is 0 Å². The van der Waals surface area contributed by atoms with Crippen LogP contribution in [0.5, 0.6) is 0 Å². The van der Waals surface area contributed by atoms with E-state index in [0.717, 1.165) is 0 Å². The van der Waals surface area contributed by atoms with Crippen LogP contribution in [-0.4, -0.2) is 0 Å². The predicted molar refractivity (Wildman–Crippen MR) is 198 cm³/mol. The second kappa shape index (κ2) is 10.9. The summed E-state index contributed by atoms with van der Waals surface area (Å²) in [4.78, 5) is 0. The summed E-state index contributed by atoms with van der Waals surface area (Å²) >= 11 is 0. The Labute approximate surface area is 268 Å². The van der Waals surface area contributed by atoms with Gasteiger partial charge in [0.2, 0.25) is 0 Å². The van der Waals surface area contributed by atoms with E-state index in [2.05, 4.69) is 182 Å². The van der Waals surface area contributed by atoms with Crippen molar-refractivity contribution in [3.8, 4) is 44.5 Å². The molecule has 46 heavy (non-hydrogen) atoms. The van der Waals surface area contributed by atoms with Gasteiger partial charge in [0.15, 0.2) is 0 Å². The maximum Gasteiger partial charge on any atom is -0.00201 e. The fourth-order valence-corrected chi connectivity index (χ4v) is 7.34. The van der Waals surface area contributed by atoms with Gasteiger partial charge in [-0.3, -0.25) is 0 Å². The highest BCUT2D eigenvalue weighted by Crippen LogP contribution is 2.46. The Balaban J connectivity index is 1.27. The predicted octanol–water partition coefficient (Wildman–Crippen LogP) is 13.0. The molecule has 0 saturated carbocycles. The van der Waals surface area contributed by atoms with E-state index in [9.17, 15) is 0 Å². The van der Waals surface area contributed by atoms with Crippen molar-refractivity contribution >= 4 is 43.1 Å². The van der Waals surface area contributed by atoms with Crippen molar-refractivity contribution in [2.75, 3.05) is 0 Å². The number of fused-ring (bicyclic) bond motifs is 5. The van der Waals surface area contributed by atoms with Gasteiger partial charge in [-0.1, -0.05) is 170 Å². The lowest BCUT2D eigenvalue weighted by Crippen LogP contribution is -1.92. The lowest BCUT2D eigenvalue weighted by Gasteiger charge is -2.20. The van der Waals surface area contributed by atoms with E-state index < -0.39 is 0 Å². The number of benzene rings is 9. The molecule has 0 N–H and O–H groups in total. The molecule has 0 atom stereocenters. The third-order valence-electron chi connectivity index (χ3n) is 9.44. The molecule has 0 aliphatic rings. The molecule has 0 radical (unpaired) electrons. The van der Waals surface area contributed by atoms with Crippen LogP contribution in [0, 0.1) is 0 Å². The van der Waals surface area contributed by atoms with E-state index in [1.54, 1.807) is 0 Å². The maximum absolute atomic E-state index is 2.38. The summed E-state index contributed by atoms with van der Waals surface area (Å²) in [5.74, 6) is 0. The van der Waals surface area contributed by atoms with Crippen molar-refractivity contribution in [1.82, 2.24) is 0 Å². The second-order valence-electron chi connectivity index (χ2n) is 12.1. The van der Waals surface area contributed by atoms with Crippen molar-refractivity contribution in [3.63, 3.8) is 0 Å². The van der Waals surface area contributed by atoms with Crippen molar-refractivity contribution < 1.29 is 0 Å². The molecule has 0 aromatic heterocycles. The minimum absolute atomic E-state index is 1.23. The summed E-state index contributed by atoms with van der Waals surface area (Å²) in [6.07, 6.45) is 0. The van der Waals surface area contributed by atoms with Crippen LogP contribution in [0.2, 0.25) is 0 Å². The molecule has 0 heteroatoms. The molecule has 0 bridgehead atoms.